The van der Waals surface area contributed by atoms with Crippen LogP contribution in [0.1, 0.15) is 35.2 Å². The van der Waals surface area contributed by atoms with Gasteiger partial charge in [-0.25, -0.2) is 8.78 Å². The lowest BCUT2D eigenvalue weighted by Gasteiger charge is -2.51. The number of likely N-dealkylation sites (tertiary alicyclic amines) is 1. The van der Waals surface area contributed by atoms with Gasteiger partial charge in [0.2, 0.25) is 0 Å². The predicted molar refractivity (Wildman–Crippen MR) is 133 cm³/mol. The minimum Gasteiger partial charge on any atom is -0.385 e. The number of nitrogens with zero attached hydrogens (tertiary/aromatic N) is 3. The molecule has 2 aromatic carbocycles. The first-order valence-electron chi connectivity index (χ1n) is 11.2. The second-order valence-electron chi connectivity index (χ2n) is 9.05. The SMILES string of the molecule is Cc1cnnc2c(F)c(Nc3ccc(I)cc3F)c(C(=O)N3CC(O)(C4CCCCN4)C3)cc12. The summed E-state index contributed by atoms with van der Waals surface area (Å²) in [7, 11) is 0. The molecule has 0 spiro atoms. The Bertz CT molecular complexity index is 1280. The Labute approximate surface area is 209 Å². The van der Waals surface area contributed by atoms with Gasteiger partial charge in [0.25, 0.3) is 5.91 Å². The summed E-state index contributed by atoms with van der Waals surface area (Å²) >= 11 is 1.99. The highest BCUT2D eigenvalue weighted by Crippen LogP contribution is 2.36. The molecule has 5 rings (SSSR count). The van der Waals surface area contributed by atoms with Crippen LogP contribution in [0.3, 0.4) is 0 Å². The van der Waals surface area contributed by atoms with E-state index in [9.17, 15) is 14.3 Å². The molecule has 3 N–H and O–H groups in total. The zero-order valence-corrected chi connectivity index (χ0v) is 20.7. The first kappa shape index (κ1) is 23.3. The van der Waals surface area contributed by atoms with Crippen molar-refractivity contribution in [1.29, 1.82) is 0 Å². The Hall–Kier alpha value is -2.44. The van der Waals surface area contributed by atoms with Crippen LogP contribution in [0.2, 0.25) is 0 Å². The molecule has 1 amide bonds. The molecule has 178 valence electrons. The van der Waals surface area contributed by atoms with Gasteiger partial charge in [0.1, 0.15) is 16.9 Å². The van der Waals surface area contributed by atoms with Crippen molar-refractivity contribution in [2.75, 3.05) is 25.0 Å². The highest BCUT2D eigenvalue weighted by molar-refractivity contribution is 14.1. The van der Waals surface area contributed by atoms with Crippen LogP contribution in [-0.4, -0.2) is 57.4 Å². The van der Waals surface area contributed by atoms with E-state index in [0.29, 0.717) is 14.5 Å². The maximum Gasteiger partial charge on any atom is 0.256 e. The van der Waals surface area contributed by atoms with E-state index in [2.05, 4.69) is 20.8 Å². The highest BCUT2D eigenvalue weighted by Gasteiger charge is 2.49. The quantitative estimate of drug-likeness (QED) is 0.407. The molecule has 34 heavy (non-hydrogen) atoms. The molecule has 1 atom stereocenters. The van der Waals surface area contributed by atoms with Crippen molar-refractivity contribution >= 4 is 50.8 Å². The third-order valence-corrected chi connectivity index (χ3v) is 7.34. The highest BCUT2D eigenvalue weighted by atomic mass is 127. The van der Waals surface area contributed by atoms with E-state index in [1.807, 2.05) is 22.6 Å². The van der Waals surface area contributed by atoms with Gasteiger partial charge in [-0.1, -0.05) is 6.42 Å². The molecule has 3 aromatic rings. The Kier molecular flexibility index (Phi) is 6.15. The molecule has 1 unspecified atom stereocenters. The third-order valence-electron chi connectivity index (χ3n) is 6.67. The number of carbonyl (C=O) groups excluding carboxylic acids is 1. The van der Waals surface area contributed by atoms with Crippen molar-refractivity contribution in [1.82, 2.24) is 20.4 Å². The fourth-order valence-electron chi connectivity index (χ4n) is 4.76. The summed E-state index contributed by atoms with van der Waals surface area (Å²) in [6, 6.07) is 5.99. The topological polar surface area (TPSA) is 90.4 Å². The standard InChI is InChI=1S/C24H24F2IN5O2/c1-13-10-29-31-22-15(13)9-16(21(20(22)26)30-18-6-5-14(27)8-17(18)25)23(33)32-11-24(34,12-32)19-4-2-3-7-28-19/h5-6,8-10,19,28,30,34H,2-4,7,11-12H2,1H3. The number of aryl methyl sites for hydroxylation is 1. The summed E-state index contributed by atoms with van der Waals surface area (Å²) in [5, 5.41) is 25.3. The number of nitrogens with one attached hydrogen (secondary N) is 2. The van der Waals surface area contributed by atoms with E-state index in [0.717, 1.165) is 25.8 Å². The van der Waals surface area contributed by atoms with Crippen molar-refractivity contribution in [2.45, 2.75) is 37.8 Å². The number of amides is 1. The minimum absolute atomic E-state index is 0.00325. The molecule has 2 saturated heterocycles. The molecular weight excluding hydrogens is 555 g/mol. The average molecular weight is 579 g/mol. The minimum atomic E-state index is -1.01. The zero-order valence-electron chi connectivity index (χ0n) is 18.5. The monoisotopic (exact) mass is 579 g/mol. The Morgan fingerprint density at radius 3 is 2.79 bits per heavy atom. The van der Waals surface area contributed by atoms with Crippen LogP contribution >= 0.6 is 22.6 Å². The Morgan fingerprint density at radius 2 is 2.09 bits per heavy atom. The lowest BCUT2D eigenvalue weighted by Crippen LogP contribution is -2.72. The molecule has 0 radical (unpaired) electrons. The van der Waals surface area contributed by atoms with E-state index in [1.165, 1.54) is 23.2 Å². The van der Waals surface area contributed by atoms with Crippen molar-refractivity contribution in [3.05, 3.63) is 56.8 Å². The number of aromatic nitrogens is 2. The van der Waals surface area contributed by atoms with Gasteiger partial charge in [0.15, 0.2) is 5.82 Å². The maximum absolute atomic E-state index is 15.7. The van der Waals surface area contributed by atoms with Gasteiger partial charge in [-0.3, -0.25) is 4.79 Å². The first-order valence-corrected chi connectivity index (χ1v) is 12.3. The maximum atomic E-state index is 15.7. The summed E-state index contributed by atoms with van der Waals surface area (Å²) in [5.74, 6) is -1.78. The summed E-state index contributed by atoms with van der Waals surface area (Å²) in [4.78, 5) is 15.0. The van der Waals surface area contributed by atoms with Crippen molar-refractivity contribution in [3.8, 4) is 0 Å². The van der Waals surface area contributed by atoms with Gasteiger partial charge in [-0.15, -0.1) is 5.10 Å². The second kappa shape index (κ2) is 8.97. The van der Waals surface area contributed by atoms with Gasteiger partial charge in [-0.05, 0) is 78.7 Å². The number of β-amino-alcohol motifs (C(OH)–C–C–N with tert-alkyl or cyclic N) is 1. The van der Waals surface area contributed by atoms with Crippen LogP contribution in [0.15, 0.2) is 30.5 Å². The van der Waals surface area contributed by atoms with Crippen LogP contribution in [0.4, 0.5) is 20.2 Å². The number of piperidine rings is 1. The molecule has 10 heteroatoms. The lowest BCUT2D eigenvalue weighted by atomic mass is 9.81. The number of halogens is 3. The predicted octanol–water partition coefficient (Wildman–Crippen LogP) is 3.89. The number of benzene rings is 2. The summed E-state index contributed by atoms with van der Waals surface area (Å²) in [5.41, 5.74) is -0.419. The van der Waals surface area contributed by atoms with E-state index in [-0.39, 0.29) is 41.6 Å². The Morgan fingerprint density at radius 1 is 1.29 bits per heavy atom. The largest absolute Gasteiger partial charge is 0.385 e. The second-order valence-corrected chi connectivity index (χ2v) is 10.3. The fourth-order valence-corrected chi connectivity index (χ4v) is 5.21. The Balaban J connectivity index is 1.52. The average Bonchev–Trinajstić information content (AvgIpc) is 2.80. The number of aliphatic hydroxyl groups is 1. The van der Waals surface area contributed by atoms with Crippen molar-refractivity contribution in [3.63, 3.8) is 0 Å². The zero-order chi connectivity index (χ0) is 24.0. The molecular formula is C24H24F2IN5O2. The smallest absolute Gasteiger partial charge is 0.256 e. The first-order chi connectivity index (χ1) is 16.3. The van der Waals surface area contributed by atoms with Crippen LogP contribution in [-0.2, 0) is 0 Å². The van der Waals surface area contributed by atoms with Crippen molar-refractivity contribution in [2.24, 2.45) is 0 Å². The normalized spacial score (nSPS) is 19.7. The molecule has 2 aliphatic heterocycles. The number of carbonyl (C=O) groups is 1. The summed E-state index contributed by atoms with van der Waals surface area (Å²) < 4.78 is 30.9. The summed E-state index contributed by atoms with van der Waals surface area (Å²) in [6.07, 6.45) is 4.44. The number of anilines is 2. The molecule has 0 bridgehead atoms. The fraction of sp³-hybridized carbons (Fsp3) is 0.375. The van der Waals surface area contributed by atoms with E-state index >= 15 is 4.39 Å². The van der Waals surface area contributed by atoms with Gasteiger partial charge < -0.3 is 20.6 Å². The molecule has 2 aliphatic rings. The van der Waals surface area contributed by atoms with Crippen LogP contribution in [0.25, 0.3) is 10.9 Å². The van der Waals surface area contributed by atoms with Gasteiger partial charge in [0, 0.05) is 15.0 Å². The molecule has 2 fully saturated rings. The van der Waals surface area contributed by atoms with Crippen LogP contribution < -0.4 is 10.6 Å². The molecule has 3 heterocycles. The molecule has 1 aromatic heterocycles. The molecule has 7 nitrogen and oxygen atoms in total. The molecule has 0 aliphatic carbocycles. The summed E-state index contributed by atoms with van der Waals surface area (Å²) in [6.45, 7) is 2.89. The lowest BCUT2D eigenvalue weighted by molar-refractivity contribution is -0.108. The van der Waals surface area contributed by atoms with Gasteiger partial charge >= 0.3 is 0 Å². The van der Waals surface area contributed by atoms with E-state index in [1.54, 1.807) is 19.1 Å². The number of hydrogen-bond acceptors (Lipinski definition) is 6. The number of fused-ring (bicyclic) bond motifs is 1. The molecule has 0 saturated carbocycles. The van der Waals surface area contributed by atoms with Crippen LogP contribution in [0, 0.1) is 22.1 Å². The van der Waals surface area contributed by atoms with Crippen molar-refractivity contribution < 1.29 is 18.7 Å². The van der Waals surface area contributed by atoms with Crippen LogP contribution in [0.5, 0.6) is 0 Å². The van der Waals surface area contributed by atoms with Gasteiger partial charge in [0.05, 0.1) is 36.2 Å². The number of hydrogen-bond donors (Lipinski definition) is 3. The van der Waals surface area contributed by atoms with E-state index in [4.69, 9.17) is 0 Å². The van der Waals surface area contributed by atoms with Gasteiger partial charge in [-0.2, -0.15) is 5.10 Å². The third kappa shape index (κ3) is 4.11. The van der Waals surface area contributed by atoms with E-state index < -0.39 is 23.1 Å². The number of rotatable bonds is 4.